The van der Waals surface area contributed by atoms with E-state index in [1.807, 2.05) is 18.1 Å². The molecular formula is C25H22Cl2N4O4. The van der Waals surface area contributed by atoms with Gasteiger partial charge < -0.3 is 14.8 Å². The molecule has 0 spiro atoms. The van der Waals surface area contributed by atoms with Crippen LogP contribution in [-0.4, -0.2) is 43.0 Å². The van der Waals surface area contributed by atoms with Gasteiger partial charge in [0.05, 0.1) is 36.4 Å². The number of hydrogen-bond donors (Lipinski definition) is 1. The van der Waals surface area contributed by atoms with Gasteiger partial charge in [0.1, 0.15) is 23.6 Å². The Hall–Kier alpha value is -3.80. The summed E-state index contributed by atoms with van der Waals surface area (Å²) >= 11 is 12.8. The third-order valence-electron chi connectivity index (χ3n) is 5.19. The second-order valence-corrected chi connectivity index (χ2v) is 8.07. The van der Waals surface area contributed by atoms with E-state index >= 15 is 0 Å². The largest absolute Gasteiger partial charge is 0.495 e. The molecule has 0 fully saturated rings. The summed E-state index contributed by atoms with van der Waals surface area (Å²) in [5.41, 5.74) is 2.40. The molecule has 1 heterocycles. The fourth-order valence-corrected chi connectivity index (χ4v) is 3.94. The van der Waals surface area contributed by atoms with E-state index in [0.717, 1.165) is 5.56 Å². The molecule has 0 saturated heterocycles. The molecule has 0 saturated carbocycles. The zero-order valence-electron chi connectivity index (χ0n) is 19.3. The van der Waals surface area contributed by atoms with Crippen molar-refractivity contribution in [3.63, 3.8) is 0 Å². The van der Waals surface area contributed by atoms with Gasteiger partial charge in [-0.15, -0.1) is 6.42 Å². The molecule has 2 aromatic carbocycles. The van der Waals surface area contributed by atoms with E-state index in [1.54, 1.807) is 31.3 Å². The quantitative estimate of drug-likeness (QED) is 0.455. The van der Waals surface area contributed by atoms with Crippen LogP contribution in [0.3, 0.4) is 0 Å². The van der Waals surface area contributed by atoms with Crippen LogP contribution in [0.4, 0.5) is 11.5 Å². The molecule has 8 nitrogen and oxygen atoms in total. The van der Waals surface area contributed by atoms with Crippen molar-refractivity contribution in [3.8, 4) is 23.8 Å². The Morgan fingerprint density at radius 1 is 1.09 bits per heavy atom. The highest BCUT2D eigenvalue weighted by Crippen LogP contribution is 2.40. The summed E-state index contributed by atoms with van der Waals surface area (Å²) in [5.74, 6) is 2.25. The molecule has 0 bridgehead atoms. The number of nitrogens with one attached hydrogen (secondary N) is 1. The average molecular weight is 513 g/mol. The molecule has 3 rings (SSSR count). The number of methoxy groups -OCH3 is 2. The zero-order valence-corrected chi connectivity index (χ0v) is 20.8. The Morgan fingerprint density at radius 3 is 2.37 bits per heavy atom. The number of amides is 2. The number of carbonyl (C=O) groups is 2. The smallest absolute Gasteiger partial charge is 0.300 e. The van der Waals surface area contributed by atoms with Gasteiger partial charge in [0, 0.05) is 36.9 Å². The van der Waals surface area contributed by atoms with Crippen molar-refractivity contribution in [2.45, 2.75) is 12.8 Å². The molecule has 1 N–H and O–H groups in total. The number of para-hydroxylation sites is 1. The second kappa shape index (κ2) is 11.6. The van der Waals surface area contributed by atoms with Crippen LogP contribution in [0.25, 0.3) is 0 Å². The van der Waals surface area contributed by atoms with Crippen LogP contribution in [0.15, 0.2) is 42.7 Å². The van der Waals surface area contributed by atoms with Gasteiger partial charge in [-0.2, -0.15) is 0 Å². The SMILES string of the molecule is C#CC(=O)Nc1ccccc1Cc1cc(N(C)C(=O)Cc2c(Cl)c(OC)cc(OC)c2Cl)ncn1. The molecule has 0 radical (unpaired) electrons. The van der Waals surface area contributed by atoms with E-state index in [9.17, 15) is 9.59 Å². The first kappa shape index (κ1) is 25.8. The van der Waals surface area contributed by atoms with Crippen LogP contribution in [0.1, 0.15) is 16.8 Å². The molecular weight excluding hydrogens is 491 g/mol. The third kappa shape index (κ3) is 6.01. The maximum absolute atomic E-state index is 13.1. The van der Waals surface area contributed by atoms with E-state index in [-0.39, 0.29) is 22.4 Å². The topological polar surface area (TPSA) is 93.7 Å². The van der Waals surface area contributed by atoms with E-state index in [0.29, 0.717) is 40.7 Å². The summed E-state index contributed by atoms with van der Waals surface area (Å²) in [6, 6.07) is 10.5. The number of likely N-dealkylation sites (N-methyl/N-ethyl adjacent to an activating group) is 1. The number of aromatic nitrogens is 2. The highest BCUT2D eigenvalue weighted by atomic mass is 35.5. The Labute approximate surface area is 213 Å². The minimum absolute atomic E-state index is 0.109. The molecule has 180 valence electrons. The number of nitrogens with zero attached hydrogens (tertiary/aromatic N) is 3. The number of rotatable bonds is 8. The van der Waals surface area contributed by atoms with Gasteiger partial charge in [0.2, 0.25) is 5.91 Å². The van der Waals surface area contributed by atoms with Crippen LogP contribution < -0.4 is 19.7 Å². The molecule has 0 aliphatic carbocycles. The summed E-state index contributed by atoms with van der Waals surface area (Å²) in [6.45, 7) is 0. The number of anilines is 2. The number of carbonyl (C=O) groups excluding carboxylic acids is 2. The second-order valence-electron chi connectivity index (χ2n) is 7.32. The number of ether oxygens (including phenoxy) is 2. The van der Waals surface area contributed by atoms with Crippen molar-refractivity contribution in [1.29, 1.82) is 0 Å². The Balaban J connectivity index is 1.83. The fourth-order valence-electron chi connectivity index (χ4n) is 3.31. The minimum atomic E-state index is -0.544. The lowest BCUT2D eigenvalue weighted by molar-refractivity contribution is -0.117. The molecule has 2 amide bonds. The Kier molecular flexibility index (Phi) is 8.53. The first-order valence-corrected chi connectivity index (χ1v) is 11.1. The maximum atomic E-state index is 13.1. The van der Waals surface area contributed by atoms with Crippen molar-refractivity contribution >= 4 is 46.5 Å². The molecule has 10 heteroatoms. The molecule has 3 aromatic rings. The van der Waals surface area contributed by atoms with Crippen molar-refractivity contribution < 1.29 is 19.1 Å². The first-order valence-electron chi connectivity index (χ1n) is 10.3. The minimum Gasteiger partial charge on any atom is -0.495 e. The van der Waals surface area contributed by atoms with Gasteiger partial charge in [-0.3, -0.25) is 14.5 Å². The summed E-state index contributed by atoms with van der Waals surface area (Å²) in [5, 5.41) is 3.13. The fraction of sp³-hybridized carbons (Fsp3) is 0.200. The standard InChI is InChI=1S/C25H22Cl2N4O4/c1-5-22(32)30-18-9-7-6-8-15(18)10-16-11-21(29-14-28-16)31(2)23(33)12-17-24(26)19(34-3)13-20(35-4)25(17)27/h1,6-9,11,13-14H,10,12H2,2-4H3,(H,30,32). The number of benzene rings is 2. The van der Waals surface area contributed by atoms with E-state index in [1.165, 1.54) is 25.4 Å². The first-order chi connectivity index (χ1) is 16.8. The normalized spacial score (nSPS) is 10.3. The predicted molar refractivity (Wildman–Crippen MR) is 135 cm³/mol. The van der Waals surface area contributed by atoms with Crippen molar-refractivity contribution in [2.75, 3.05) is 31.5 Å². The van der Waals surface area contributed by atoms with Gasteiger partial charge in [0.15, 0.2) is 0 Å². The Morgan fingerprint density at radius 2 is 1.74 bits per heavy atom. The lowest BCUT2D eigenvalue weighted by atomic mass is 10.1. The van der Waals surface area contributed by atoms with Crippen LogP contribution in [0.5, 0.6) is 11.5 Å². The van der Waals surface area contributed by atoms with E-state index in [2.05, 4.69) is 15.3 Å². The summed E-state index contributed by atoms with van der Waals surface area (Å²) < 4.78 is 10.5. The number of hydrogen-bond acceptors (Lipinski definition) is 6. The van der Waals surface area contributed by atoms with Crippen LogP contribution >= 0.6 is 23.2 Å². The van der Waals surface area contributed by atoms with E-state index < -0.39 is 5.91 Å². The molecule has 0 unspecified atom stereocenters. The van der Waals surface area contributed by atoms with Crippen molar-refractivity contribution in [1.82, 2.24) is 9.97 Å². The predicted octanol–water partition coefficient (Wildman–Crippen LogP) is 4.17. The molecule has 0 aliphatic heterocycles. The van der Waals surface area contributed by atoms with Crippen LogP contribution in [0.2, 0.25) is 10.0 Å². The third-order valence-corrected chi connectivity index (χ3v) is 6.02. The van der Waals surface area contributed by atoms with E-state index in [4.69, 9.17) is 39.1 Å². The zero-order chi connectivity index (χ0) is 25.5. The van der Waals surface area contributed by atoms with Crippen molar-refractivity contribution in [2.24, 2.45) is 0 Å². The highest BCUT2D eigenvalue weighted by molar-refractivity contribution is 6.38. The summed E-state index contributed by atoms with van der Waals surface area (Å²) in [4.78, 5) is 34.6. The van der Waals surface area contributed by atoms with Gasteiger partial charge in [-0.25, -0.2) is 9.97 Å². The number of halogens is 2. The molecule has 0 aliphatic rings. The highest BCUT2D eigenvalue weighted by Gasteiger charge is 2.22. The van der Waals surface area contributed by atoms with Gasteiger partial charge in [0.25, 0.3) is 5.91 Å². The van der Waals surface area contributed by atoms with Crippen LogP contribution in [-0.2, 0) is 22.4 Å². The van der Waals surface area contributed by atoms with Gasteiger partial charge in [-0.05, 0) is 17.6 Å². The van der Waals surface area contributed by atoms with Crippen molar-refractivity contribution in [3.05, 3.63) is 69.6 Å². The lowest BCUT2D eigenvalue weighted by Crippen LogP contribution is -2.29. The summed E-state index contributed by atoms with van der Waals surface area (Å²) in [7, 11) is 4.52. The average Bonchev–Trinajstić information content (AvgIpc) is 2.87. The maximum Gasteiger partial charge on any atom is 0.300 e. The lowest BCUT2D eigenvalue weighted by Gasteiger charge is -2.19. The Bertz CT molecular complexity index is 1280. The number of terminal acetylenes is 1. The van der Waals surface area contributed by atoms with Crippen LogP contribution in [0, 0.1) is 12.3 Å². The molecule has 1 aromatic heterocycles. The monoisotopic (exact) mass is 512 g/mol. The van der Waals surface area contributed by atoms with Gasteiger partial charge in [-0.1, -0.05) is 41.4 Å². The van der Waals surface area contributed by atoms with Gasteiger partial charge >= 0.3 is 0 Å². The molecule has 35 heavy (non-hydrogen) atoms. The molecule has 0 atom stereocenters. The summed E-state index contributed by atoms with van der Waals surface area (Å²) in [6.07, 6.45) is 6.80.